The normalized spacial score (nSPS) is 11.3. The van der Waals surface area contributed by atoms with E-state index in [-0.39, 0.29) is 5.97 Å². The summed E-state index contributed by atoms with van der Waals surface area (Å²) in [5.41, 5.74) is 3.28. The summed E-state index contributed by atoms with van der Waals surface area (Å²) in [5, 5.41) is 0. The molecule has 0 spiro atoms. The summed E-state index contributed by atoms with van der Waals surface area (Å²) in [4.78, 5) is 15.6. The van der Waals surface area contributed by atoms with Gasteiger partial charge in [-0.05, 0) is 42.3 Å². The molecule has 4 heteroatoms. The van der Waals surface area contributed by atoms with E-state index in [1.807, 2.05) is 27.1 Å². The van der Waals surface area contributed by atoms with Crippen molar-refractivity contribution in [2.24, 2.45) is 0 Å². The summed E-state index contributed by atoms with van der Waals surface area (Å²) in [6.45, 7) is 1.92. The van der Waals surface area contributed by atoms with Crippen molar-refractivity contribution in [1.29, 1.82) is 0 Å². The van der Waals surface area contributed by atoms with E-state index in [2.05, 4.69) is 40.0 Å². The molecular weight excluding hydrogens is 282 g/mol. The molecule has 0 aliphatic carbocycles. The molecule has 110 valence electrons. The van der Waals surface area contributed by atoms with E-state index in [1.165, 1.54) is 29.3 Å². The molecular formula is C17H19NO2S. The van der Waals surface area contributed by atoms with Gasteiger partial charge in [0.15, 0.2) is 0 Å². The topological polar surface area (TPSA) is 29.5 Å². The molecule has 0 unspecified atom stereocenters. The number of anilines is 1. The second kappa shape index (κ2) is 6.59. The number of carbonyl (C=O) groups is 1. The first-order valence-corrected chi connectivity index (χ1v) is 7.47. The third-order valence-electron chi connectivity index (χ3n) is 3.20. The lowest BCUT2D eigenvalue weighted by Gasteiger charge is -2.12. The van der Waals surface area contributed by atoms with Crippen LogP contribution in [-0.2, 0) is 9.53 Å². The molecule has 1 aromatic carbocycles. The molecule has 2 rings (SSSR count). The molecule has 0 N–H and O–H groups in total. The highest BCUT2D eigenvalue weighted by atomic mass is 32.1. The summed E-state index contributed by atoms with van der Waals surface area (Å²) >= 11 is 1.67. The number of methoxy groups -OCH3 is 1. The number of nitrogens with zero attached hydrogens (tertiary/aromatic N) is 1. The van der Waals surface area contributed by atoms with Crippen LogP contribution in [-0.4, -0.2) is 27.2 Å². The lowest BCUT2D eigenvalue weighted by molar-refractivity contribution is -0.134. The molecule has 0 amide bonds. The Morgan fingerprint density at radius 3 is 2.38 bits per heavy atom. The maximum absolute atomic E-state index is 11.3. The Balaban J connectivity index is 2.23. The van der Waals surface area contributed by atoms with Crippen molar-refractivity contribution in [2.45, 2.75) is 6.92 Å². The first-order chi connectivity index (χ1) is 10.0. The van der Waals surface area contributed by atoms with Crippen LogP contribution in [0.4, 0.5) is 5.69 Å². The van der Waals surface area contributed by atoms with Crippen LogP contribution in [0.3, 0.4) is 0 Å². The van der Waals surface area contributed by atoms with Gasteiger partial charge >= 0.3 is 5.97 Å². The summed E-state index contributed by atoms with van der Waals surface area (Å²) in [5.74, 6) is -0.321. The van der Waals surface area contributed by atoms with Crippen molar-refractivity contribution < 1.29 is 9.53 Å². The fraction of sp³-hybridized carbons (Fsp3) is 0.235. The van der Waals surface area contributed by atoms with Crippen molar-refractivity contribution in [3.63, 3.8) is 0 Å². The minimum Gasteiger partial charge on any atom is -0.466 e. The van der Waals surface area contributed by atoms with Gasteiger partial charge < -0.3 is 9.64 Å². The fourth-order valence-electron chi connectivity index (χ4n) is 1.94. The van der Waals surface area contributed by atoms with Crippen LogP contribution in [0.1, 0.15) is 11.8 Å². The van der Waals surface area contributed by atoms with Crippen molar-refractivity contribution in [3.05, 3.63) is 47.4 Å². The van der Waals surface area contributed by atoms with Crippen LogP contribution in [0, 0.1) is 0 Å². The lowest BCUT2D eigenvalue weighted by Crippen LogP contribution is -2.07. The smallest absolute Gasteiger partial charge is 0.330 e. The second-order valence-electron chi connectivity index (χ2n) is 4.96. The molecule has 0 saturated carbocycles. The standard InChI is InChI=1S/C17H19NO2S/c1-12(11-17(19)20-4)15-9-10-16(21-15)13-5-7-14(8-6-13)18(2)3/h5-11H,1-4H3/b12-11+. The van der Waals surface area contributed by atoms with E-state index in [9.17, 15) is 4.79 Å². The molecule has 0 radical (unpaired) electrons. The Labute approximate surface area is 129 Å². The molecule has 0 saturated heterocycles. The van der Waals surface area contributed by atoms with Gasteiger partial charge in [0.05, 0.1) is 7.11 Å². The largest absolute Gasteiger partial charge is 0.466 e. The van der Waals surface area contributed by atoms with Crippen LogP contribution in [0.2, 0.25) is 0 Å². The first-order valence-electron chi connectivity index (χ1n) is 6.65. The van der Waals surface area contributed by atoms with Gasteiger partial charge in [-0.15, -0.1) is 11.3 Å². The number of hydrogen-bond acceptors (Lipinski definition) is 4. The zero-order valence-electron chi connectivity index (χ0n) is 12.7. The Kier molecular flexibility index (Phi) is 4.81. The number of allylic oxidation sites excluding steroid dienone is 1. The van der Waals surface area contributed by atoms with Crippen molar-refractivity contribution >= 4 is 28.6 Å². The van der Waals surface area contributed by atoms with E-state index in [0.29, 0.717) is 0 Å². The Morgan fingerprint density at radius 1 is 1.14 bits per heavy atom. The van der Waals surface area contributed by atoms with Crippen molar-refractivity contribution in [2.75, 3.05) is 26.1 Å². The van der Waals surface area contributed by atoms with Crippen molar-refractivity contribution in [1.82, 2.24) is 0 Å². The van der Waals surface area contributed by atoms with E-state index < -0.39 is 0 Å². The fourth-order valence-corrected chi connectivity index (χ4v) is 2.92. The highest BCUT2D eigenvalue weighted by Crippen LogP contribution is 2.32. The van der Waals surface area contributed by atoms with E-state index in [0.717, 1.165) is 10.5 Å². The van der Waals surface area contributed by atoms with Crippen LogP contribution >= 0.6 is 11.3 Å². The maximum atomic E-state index is 11.3. The quantitative estimate of drug-likeness (QED) is 0.630. The minimum absolute atomic E-state index is 0.321. The summed E-state index contributed by atoms with van der Waals surface area (Å²) in [6, 6.07) is 12.6. The lowest BCUT2D eigenvalue weighted by atomic mass is 10.1. The monoisotopic (exact) mass is 301 g/mol. The minimum atomic E-state index is -0.321. The van der Waals surface area contributed by atoms with Gasteiger partial charge in [0.1, 0.15) is 0 Å². The summed E-state index contributed by atoms with van der Waals surface area (Å²) < 4.78 is 4.65. The molecule has 0 bridgehead atoms. The van der Waals surface area contributed by atoms with Crippen LogP contribution in [0.5, 0.6) is 0 Å². The number of thiophene rings is 1. The Bertz CT molecular complexity index is 654. The number of carbonyl (C=O) groups excluding carboxylic acids is 1. The van der Waals surface area contributed by atoms with Crippen LogP contribution in [0.25, 0.3) is 16.0 Å². The van der Waals surface area contributed by atoms with E-state index in [4.69, 9.17) is 0 Å². The third kappa shape index (κ3) is 3.73. The van der Waals surface area contributed by atoms with Crippen molar-refractivity contribution in [3.8, 4) is 10.4 Å². The van der Waals surface area contributed by atoms with Gasteiger partial charge in [-0.3, -0.25) is 0 Å². The van der Waals surface area contributed by atoms with Gasteiger partial charge in [0.25, 0.3) is 0 Å². The molecule has 0 atom stereocenters. The molecule has 0 aliphatic rings. The number of hydrogen-bond donors (Lipinski definition) is 0. The molecule has 1 aromatic heterocycles. The third-order valence-corrected chi connectivity index (χ3v) is 4.47. The zero-order valence-corrected chi connectivity index (χ0v) is 13.5. The molecule has 1 heterocycles. The number of ether oxygens (including phenoxy) is 1. The molecule has 3 nitrogen and oxygen atoms in total. The average Bonchev–Trinajstić information content (AvgIpc) is 2.97. The van der Waals surface area contributed by atoms with Gasteiger partial charge in [-0.2, -0.15) is 0 Å². The van der Waals surface area contributed by atoms with E-state index in [1.54, 1.807) is 11.3 Å². The van der Waals surface area contributed by atoms with Crippen LogP contribution in [0.15, 0.2) is 42.5 Å². The highest BCUT2D eigenvalue weighted by molar-refractivity contribution is 7.16. The second-order valence-corrected chi connectivity index (χ2v) is 6.04. The SMILES string of the molecule is COC(=O)/C=C(\C)c1ccc(-c2ccc(N(C)C)cc2)s1. The number of benzene rings is 1. The average molecular weight is 301 g/mol. The zero-order chi connectivity index (χ0) is 15.4. The Morgan fingerprint density at radius 2 is 1.81 bits per heavy atom. The maximum Gasteiger partial charge on any atom is 0.330 e. The number of esters is 1. The van der Waals surface area contributed by atoms with Gasteiger partial charge in [-0.1, -0.05) is 12.1 Å². The first kappa shape index (κ1) is 15.3. The van der Waals surface area contributed by atoms with E-state index >= 15 is 0 Å². The Hall–Kier alpha value is -2.07. The van der Waals surface area contributed by atoms with Gasteiger partial charge in [0.2, 0.25) is 0 Å². The van der Waals surface area contributed by atoms with Gasteiger partial charge in [0, 0.05) is 35.6 Å². The summed E-state index contributed by atoms with van der Waals surface area (Å²) in [7, 11) is 5.44. The predicted octanol–water partition coefficient (Wildman–Crippen LogP) is 4.06. The van der Waals surface area contributed by atoms with Gasteiger partial charge in [-0.25, -0.2) is 4.79 Å². The molecule has 0 fully saturated rings. The number of rotatable bonds is 4. The molecule has 2 aromatic rings. The summed E-state index contributed by atoms with van der Waals surface area (Å²) in [6.07, 6.45) is 1.52. The molecule has 0 aliphatic heterocycles. The highest BCUT2D eigenvalue weighted by Gasteiger charge is 2.06. The van der Waals surface area contributed by atoms with Crippen LogP contribution < -0.4 is 4.90 Å². The predicted molar refractivity (Wildman–Crippen MR) is 89.7 cm³/mol. The molecule has 21 heavy (non-hydrogen) atoms.